The molecule has 0 radical (unpaired) electrons. The van der Waals surface area contributed by atoms with Crippen LogP contribution in [-0.2, 0) is 4.74 Å². The van der Waals surface area contributed by atoms with Gasteiger partial charge in [0, 0.05) is 13.1 Å². The van der Waals surface area contributed by atoms with E-state index in [1.54, 1.807) is 12.1 Å². The van der Waals surface area contributed by atoms with E-state index >= 15 is 0 Å². The summed E-state index contributed by atoms with van der Waals surface area (Å²) in [5, 5.41) is 0. The summed E-state index contributed by atoms with van der Waals surface area (Å²) in [5.74, 6) is 0.564. The zero-order valence-electron chi connectivity index (χ0n) is 15.8. The first-order valence-corrected chi connectivity index (χ1v) is 10.2. The molecule has 2 fully saturated rings. The summed E-state index contributed by atoms with van der Waals surface area (Å²) in [5.41, 5.74) is 0.590. The third kappa shape index (κ3) is 6.29. The van der Waals surface area contributed by atoms with Crippen LogP contribution in [0.2, 0.25) is 0 Å². The minimum atomic E-state index is -0.248. The van der Waals surface area contributed by atoms with Crippen LogP contribution in [0.4, 0.5) is 0 Å². The normalized spacial score (nSPS) is 19.2. The van der Waals surface area contributed by atoms with Crippen LogP contribution in [-0.4, -0.2) is 68.3 Å². The molecule has 0 saturated carbocycles. The van der Waals surface area contributed by atoms with Crippen LogP contribution in [0.25, 0.3) is 0 Å². The van der Waals surface area contributed by atoms with E-state index in [9.17, 15) is 4.79 Å². The molecule has 2 saturated heterocycles. The van der Waals surface area contributed by atoms with Gasteiger partial charge in [-0.2, -0.15) is 0 Å². The molecule has 0 bridgehead atoms. The molecule has 5 heteroatoms. The van der Waals surface area contributed by atoms with Crippen molar-refractivity contribution in [1.82, 2.24) is 9.80 Å². The van der Waals surface area contributed by atoms with Crippen LogP contribution in [0.15, 0.2) is 24.3 Å². The number of carbonyl (C=O) groups is 1. The first-order valence-electron chi connectivity index (χ1n) is 10.2. The summed E-state index contributed by atoms with van der Waals surface area (Å²) in [4.78, 5) is 17.0. The number of ether oxygens (including phenoxy) is 2. The SMILES string of the molecule is O=C(OCCN1CCCCC1)c1ccc(OCCN2CCCCC2)cc1. The Hall–Kier alpha value is -1.59. The Morgan fingerprint density at radius 3 is 1.88 bits per heavy atom. The molecule has 0 spiro atoms. The predicted octanol–water partition coefficient (Wildman–Crippen LogP) is 3.19. The van der Waals surface area contributed by atoms with Gasteiger partial charge in [-0.05, 0) is 76.1 Å². The van der Waals surface area contributed by atoms with Gasteiger partial charge in [-0.25, -0.2) is 4.79 Å². The van der Waals surface area contributed by atoms with E-state index in [1.807, 2.05) is 12.1 Å². The predicted molar refractivity (Wildman–Crippen MR) is 103 cm³/mol. The summed E-state index contributed by atoms with van der Waals surface area (Å²) in [6, 6.07) is 7.30. The Labute approximate surface area is 157 Å². The van der Waals surface area contributed by atoms with Gasteiger partial charge < -0.3 is 9.47 Å². The lowest BCUT2D eigenvalue weighted by molar-refractivity contribution is 0.0452. The van der Waals surface area contributed by atoms with E-state index in [4.69, 9.17) is 9.47 Å². The molecule has 2 aliphatic rings. The minimum Gasteiger partial charge on any atom is -0.492 e. The number of nitrogens with zero attached hydrogens (tertiary/aromatic N) is 2. The van der Waals surface area contributed by atoms with Gasteiger partial charge in [0.1, 0.15) is 19.0 Å². The molecule has 1 aromatic rings. The quantitative estimate of drug-likeness (QED) is 0.666. The fraction of sp³-hybridized carbons (Fsp3) is 0.667. The van der Waals surface area contributed by atoms with Crippen molar-refractivity contribution < 1.29 is 14.3 Å². The van der Waals surface area contributed by atoms with Crippen LogP contribution in [0.3, 0.4) is 0 Å². The molecular formula is C21H32N2O3. The van der Waals surface area contributed by atoms with Gasteiger partial charge in [-0.3, -0.25) is 9.80 Å². The fourth-order valence-corrected chi connectivity index (χ4v) is 3.70. The van der Waals surface area contributed by atoms with Gasteiger partial charge in [0.05, 0.1) is 5.56 Å². The number of benzene rings is 1. The molecule has 1 aromatic carbocycles. The third-order valence-electron chi connectivity index (χ3n) is 5.30. The van der Waals surface area contributed by atoms with Crippen LogP contribution in [0.5, 0.6) is 5.75 Å². The highest BCUT2D eigenvalue weighted by molar-refractivity contribution is 5.89. The van der Waals surface area contributed by atoms with Crippen LogP contribution in [0, 0.1) is 0 Å². The maximum atomic E-state index is 12.1. The van der Waals surface area contributed by atoms with Gasteiger partial charge >= 0.3 is 5.97 Å². The molecular weight excluding hydrogens is 328 g/mol. The van der Waals surface area contributed by atoms with Crippen molar-refractivity contribution in [3.63, 3.8) is 0 Å². The second-order valence-corrected chi connectivity index (χ2v) is 7.31. The standard InChI is InChI=1S/C21H32N2O3/c24-21(26-18-16-23-13-5-2-6-14-23)19-7-9-20(10-8-19)25-17-15-22-11-3-1-4-12-22/h7-10H,1-6,11-18H2. The molecule has 2 aliphatic heterocycles. The number of likely N-dealkylation sites (tertiary alicyclic amines) is 2. The summed E-state index contributed by atoms with van der Waals surface area (Å²) < 4.78 is 11.2. The van der Waals surface area contributed by atoms with Crippen LogP contribution in [0.1, 0.15) is 48.9 Å². The maximum absolute atomic E-state index is 12.1. The van der Waals surface area contributed by atoms with Gasteiger partial charge in [-0.1, -0.05) is 12.8 Å². The minimum absolute atomic E-state index is 0.248. The van der Waals surface area contributed by atoms with Gasteiger partial charge in [-0.15, -0.1) is 0 Å². The average Bonchev–Trinajstić information content (AvgIpc) is 2.70. The Bertz CT molecular complexity index is 535. The van der Waals surface area contributed by atoms with Gasteiger partial charge in [0.15, 0.2) is 0 Å². The van der Waals surface area contributed by atoms with E-state index in [2.05, 4.69) is 9.80 Å². The first kappa shape index (κ1) is 19.2. The van der Waals surface area contributed by atoms with Crippen molar-refractivity contribution >= 4 is 5.97 Å². The molecule has 0 atom stereocenters. The molecule has 3 rings (SSSR count). The highest BCUT2D eigenvalue weighted by atomic mass is 16.5. The number of rotatable bonds is 8. The highest BCUT2D eigenvalue weighted by Crippen LogP contribution is 2.14. The number of hydrogen-bond donors (Lipinski definition) is 0. The van der Waals surface area contributed by atoms with E-state index in [0.717, 1.165) is 31.9 Å². The molecule has 26 heavy (non-hydrogen) atoms. The van der Waals surface area contributed by atoms with E-state index in [-0.39, 0.29) is 5.97 Å². The number of hydrogen-bond acceptors (Lipinski definition) is 5. The first-order chi connectivity index (χ1) is 12.8. The van der Waals surface area contributed by atoms with E-state index in [1.165, 1.54) is 51.6 Å². The Balaban J connectivity index is 1.34. The lowest BCUT2D eigenvalue weighted by atomic mass is 10.1. The molecule has 144 valence electrons. The molecule has 5 nitrogen and oxygen atoms in total. The smallest absolute Gasteiger partial charge is 0.338 e. The average molecular weight is 360 g/mol. The third-order valence-corrected chi connectivity index (χ3v) is 5.30. The molecule has 0 aliphatic carbocycles. The number of esters is 1. The van der Waals surface area contributed by atoms with Gasteiger partial charge in [0.25, 0.3) is 0 Å². The van der Waals surface area contributed by atoms with Crippen molar-refractivity contribution in [2.75, 3.05) is 52.5 Å². The highest BCUT2D eigenvalue weighted by Gasteiger charge is 2.12. The van der Waals surface area contributed by atoms with Crippen molar-refractivity contribution in [2.45, 2.75) is 38.5 Å². The Kier molecular flexibility index (Phi) is 7.77. The summed E-state index contributed by atoms with van der Waals surface area (Å²) in [6.07, 6.45) is 7.79. The molecule has 0 amide bonds. The topological polar surface area (TPSA) is 42.0 Å². The second-order valence-electron chi connectivity index (χ2n) is 7.31. The lowest BCUT2D eigenvalue weighted by Gasteiger charge is -2.26. The van der Waals surface area contributed by atoms with E-state index in [0.29, 0.717) is 18.8 Å². The van der Waals surface area contributed by atoms with Crippen LogP contribution < -0.4 is 4.74 Å². The largest absolute Gasteiger partial charge is 0.492 e. The summed E-state index contributed by atoms with van der Waals surface area (Å²) in [7, 11) is 0. The second kappa shape index (κ2) is 10.5. The monoisotopic (exact) mass is 360 g/mol. The van der Waals surface area contributed by atoms with Crippen LogP contribution >= 0.6 is 0 Å². The molecule has 2 heterocycles. The number of piperidine rings is 2. The fourth-order valence-electron chi connectivity index (χ4n) is 3.70. The van der Waals surface area contributed by atoms with Crippen molar-refractivity contribution in [1.29, 1.82) is 0 Å². The zero-order valence-corrected chi connectivity index (χ0v) is 15.8. The van der Waals surface area contributed by atoms with Gasteiger partial charge in [0.2, 0.25) is 0 Å². The number of carbonyl (C=O) groups excluding carboxylic acids is 1. The Morgan fingerprint density at radius 2 is 1.31 bits per heavy atom. The van der Waals surface area contributed by atoms with Crippen molar-refractivity contribution in [3.05, 3.63) is 29.8 Å². The molecule has 0 aromatic heterocycles. The van der Waals surface area contributed by atoms with E-state index < -0.39 is 0 Å². The maximum Gasteiger partial charge on any atom is 0.338 e. The Morgan fingerprint density at radius 1 is 0.769 bits per heavy atom. The van der Waals surface area contributed by atoms with Crippen molar-refractivity contribution in [2.24, 2.45) is 0 Å². The lowest BCUT2D eigenvalue weighted by Crippen LogP contribution is -2.33. The summed E-state index contributed by atoms with van der Waals surface area (Å²) >= 11 is 0. The molecule has 0 unspecified atom stereocenters. The molecule has 0 N–H and O–H groups in total. The van der Waals surface area contributed by atoms with Crippen molar-refractivity contribution in [3.8, 4) is 5.75 Å². The zero-order chi connectivity index (χ0) is 18.0. The summed E-state index contributed by atoms with van der Waals surface area (Å²) in [6.45, 7) is 7.59.